The van der Waals surface area contributed by atoms with E-state index in [9.17, 15) is 4.79 Å². The number of thioether (sulfide) groups is 1. The molecule has 0 bridgehead atoms. The van der Waals surface area contributed by atoms with Crippen molar-refractivity contribution in [1.82, 2.24) is 4.90 Å². The van der Waals surface area contributed by atoms with E-state index in [2.05, 4.69) is 5.16 Å². The maximum Gasteiger partial charge on any atom is 0.232 e. The number of rotatable bonds is 5. The van der Waals surface area contributed by atoms with Crippen LogP contribution in [0.1, 0.15) is 11.1 Å². The van der Waals surface area contributed by atoms with Gasteiger partial charge in [0.15, 0.2) is 5.84 Å². The van der Waals surface area contributed by atoms with E-state index in [1.165, 1.54) is 11.8 Å². The van der Waals surface area contributed by atoms with Gasteiger partial charge in [-0.15, -0.1) is 11.8 Å². The second-order valence-corrected chi connectivity index (χ2v) is 4.91. The summed E-state index contributed by atoms with van der Waals surface area (Å²) >= 11 is 1.50. The van der Waals surface area contributed by atoms with Gasteiger partial charge in [-0.3, -0.25) is 4.79 Å². The molecule has 0 radical (unpaired) electrons. The fourth-order valence-corrected chi connectivity index (χ4v) is 2.33. The summed E-state index contributed by atoms with van der Waals surface area (Å²) in [5.41, 5.74) is 7.24. The molecule has 1 amide bonds. The first-order valence-corrected chi connectivity index (χ1v) is 6.55. The highest BCUT2D eigenvalue weighted by Crippen LogP contribution is 2.16. The number of amidine groups is 1. The molecule has 1 aromatic rings. The maximum absolute atomic E-state index is 11.4. The number of benzene rings is 1. The second kappa shape index (κ2) is 6.90. The normalized spacial score (nSPS) is 11.3. The average molecular weight is 267 g/mol. The molecule has 1 aromatic carbocycles. The Hall–Kier alpha value is -1.69. The number of nitrogens with zero attached hydrogens (tertiary/aromatic N) is 2. The van der Waals surface area contributed by atoms with E-state index in [0.29, 0.717) is 17.1 Å². The van der Waals surface area contributed by atoms with Crippen molar-refractivity contribution in [3.05, 3.63) is 35.4 Å². The third-order valence-corrected chi connectivity index (χ3v) is 3.35. The summed E-state index contributed by atoms with van der Waals surface area (Å²) in [6, 6.07) is 7.41. The monoisotopic (exact) mass is 267 g/mol. The minimum Gasteiger partial charge on any atom is -0.409 e. The summed E-state index contributed by atoms with van der Waals surface area (Å²) < 4.78 is 0. The molecule has 0 atom stereocenters. The molecule has 1 rings (SSSR count). The topological polar surface area (TPSA) is 78.9 Å². The number of carbonyl (C=O) groups excluding carboxylic acids is 1. The summed E-state index contributed by atoms with van der Waals surface area (Å²) in [7, 11) is 3.46. The van der Waals surface area contributed by atoms with Crippen LogP contribution in [-0.4, -0.2) is 41.7 Å². The molecule has 3 N–H and O–H groups in total. The van der Waals surface area contributed by atoms with Crippen molar-refractivity contribution in [3.63, 3.8) is 0 Å². The fraction of sp³-hybridized carbons (Fsp3) is 0.333. The van der Waals surface area contributed by atoms with Crippen LogP contribution in [0.2, 0.25) is 0 Å². The molecule has 0 fully saturated rings. The number of oxime groups is 1. The SMILES string of the molecule is CN(C)C(=O)CSCc1ccccc1/C(N)=N/O. The molecule has 0 unspecified atom stereocenters. The van der Waals surface area contributed by atoms with Crippen molar-refractivity contribution in [2.45, 2.75) is 5.75 Å². The summed E-state index contributed by atoms with van der Waals surface area (Å²) in [6.07, 6.45) is 0. The van der Waals surface area contributed by atoms with Gasteiger partial charge in [0, 0.05) is 25.4 Å². The molecule has 0 saturated heterocycles. The van der Waals surface area contributed by atoms with Crippen LogP contribution in [0.5, 0.6) is 0 Å². The Morgan fingerprint density at radius 3 is 2.72 bits per heavy atom. The predicted octanol–water partition coefficient (Wildman–Crippen LogP) is 1.10. The zero-order chi connectivity index (χ0) is 13.5. The molecule has 0 aliphatic carbocycles. The van der Waals surface area contributed by atoms with Gasteiger partial charge in [0.25, 0.3) is 0 Å². The van der Waals surface area contributed by atoms with Gasteiger partial charge in [0.05, 0.1) is 5.75 Å². The van der Waals surface area contributed by atoms with E-state index in [-0.39, 0.29) is 11.7 Å². The van der Waals surface area contributed by atoms with Crippen LogP contribution < -0.4 is 5.73 Å². The number of nitrogens with two attached hydrogens (primary N) is 1. The fourth-order valence-electron chi connectivity index (χ4n) is 1.33. The summed E-state index contributed by atoms with van der Waals surface area (Å²) in [5.74, 6) is 1.22. The van der Waals surface area contributed by atoms with Crippen molar-refractivity contribution in [2.75, 3.05) is 19.8 Å². The Kier molecular flexibility index (Phi) is 5.51. The molecule has 5 nitrogen and oxygen atoms in total. The zero-order valence-electron chi connectivity index (χ0n) is 10.5. The molecule has 0 aromatic heterocycles. The van der Waals surface area contributed by atoms with E-state index in [1.807, 2.05) is 18.2 Å². The molecule has 98 valence electrons. The molecular weight excluding hydrogens is 250 g/mol. The van der Waals surface area contributed by atoms with Crippen molar-refractivity contribution < 1.29 is 10.0 Å². The lowest BCUT2D eigenvalue weighted by molar-refractivity contribution is -0.125. The first kappa shape index (κ1) is 14.4. The predicted molar refractivity (Wildman–Crippen MR) is 73.8 cm³/mol. The highest BCUT2D eigenvalue weighted by molar-refractivity contribution is 7.99. The van der Waals surface area contributed by atoms with Crippen molar-refractivity contribution in [2.24, 2.45) is 10.9 Å². The first-order valence-electron chi connectivity index (χ1n) is 5.40. The van der Waals surface area contributed by atoms with Gasteiger partial charge in [0.1, 0.15) is 0 Å². The third-order valence-electron chi connectivity index (χ3n) is 2.38. The molecule has 6 heteroatoms. The number of hydrogen-bond donors (Lipinski definition) is 2. The van der Waals surface area contributed by atoms with E-state index in [0.717, 1.165) is 5.56 Å². The zero-order valence-corrected chi connectivity index (χ0v) is 11.3. The van der Waals surface area contributed by atoms with E-state index in [1.54, 1.807) is 25.1 Å². The molecular formula is C12H17N3O2S. The quantitative estimate of drug-likeness (QED) is 0.362. The largest absolute Gasteiger partial charge is 0.409 e. The molecule has 18 heavy (non-hydrogen) atoms. The van der Waals surface area contributed by atoms with Gasteiger partial charge in [-0.1, -0.05) is 29.4 Å². The lowest BCUT2D eigenvalue weighted by Crippen LogP contribution is -2.23. The van der Waals surface area contributed by atoms with Crippen molar-refractivity contribution in [3.8, 4) is 0 Å². The third kappa shape index (κ3) is 3.96. The Morgan fingerprint density at radius 1 is 1.44 bits per heavy atom. The number of amides is 1. The molecule has 0 spiro atoms. The minimum absolute atomic E-state index is 0.0706. The number of carbonyl (C=O) groups is 1. The van der Waals surface area contributed by atoms with Crippen LogP contribution >= 0.6 is 11.8 Å². The van der Waals surface area contributed by atoms with E-state index in [4.69, 9.17) is 10.9 Å². The lowest BCUT2D eigenvalue weighted by atomic mass is 10.1. The van der Waals surface area contributed by atoms with Gasteiger partial charge < -0.3 is 15.8 Å². The minimum atomic E-state index is 0.0706. The van der Waals surface area contributed by atoms with Crippen LogP contribution in [0, 0.1) is 0 Å². The van der Waals surface area contributed by atoms with Gasteiger partial charge in [-0.25, -0.2) is 0 Å². The molecule has 0 aliphatic heterocycles. The van der Waals surface area contributed by atoms with E-state index < -0.39 is 0 Å². The summed E-state index contributed by atoms with van der Waals surface area (Å²) in [4.78, 5) is 13.0. The van der Waals surface area contributed by atoms with Crippen LogP contribution in [0.3, 0.4) is 0 Å². The van der Waals surface area contributed by atoms with Crippen LogP contribution in [0.25, 0.3) is 0 Å². The Morgan fingerprint density at radius 2 is 2.11 bits per heavy atom. The Balaban J connectivity index is 2.65. The van der Waals surface area contributed by atoms with Gasteiger partial charge >= 0.3 is 0 Å². The first-order chi connectivity index (χ1) is 8.56. The van der Waals surface area contributed by atoms with Crippen molar-refractivity contribution >= 4 is 23.5 Å². The summed E-state index contributed by atoms with van der Waals surface area (Å²) in [5, 5.41) is 11.7. The number of hydrogen-bond acceptors (Lipinski definition) is 4. The molecule has 0 aliphatic rings. The smallest absolute Gasteiger partial charge is 0.232 e. The van der Waals surface area contributed by atoms with Crippen LogP contribution in [-0.2, 0) is 10.5 Å². The lowest BCUT2D eigenvalue weighted by Gasteiger charge is -2.11. The van der Waals surface area contributed by atoms with Gasteiger partial charge in [-0.2, -0.15) is 0 Å². The standard InChI is InChI=1S/C12H17N3O2S/c1-15(2)11(16)8-18-7-9-5-3-4-6-10(9)12(13)14-17/h3-6,17H,7-8H2,1-2H3,(H2,13,14). The van der Waals surface area contributed by atoms with Crippen LogP contribution in [0.15, 0.2) is 29.4 Å². The Bertz CT molecular complexity index is 447. The highest BCUT2D eigenvalue weighted by atomic mass is 32.2. The van der Waals surface area contributed by atoms with E-state index >= 15 is 0 Å². The second-order valence-electron chi connectivity index (χ2n) is 3.92. The average Bonchev–Trinajstić information content (AvgIpc) is 2.38. The summed E-state index contributed by atoms with van der Waals surface area (Å²) in [6.45, 7) is 0. The molecule has 0 saturated carbocycles. The maximum atomic E-state index is 11.4. The van der Waals surface area contributed by atoms with Crippen molar-refractivity contribution in [1.29, 1.82) is 0 Å². The highest BCUT2D eigenvalue weighted by Gasteiger charge is 2.08. The van der Waals surface area contributed by atoms with Gasteiger partial charge in [0.2, 0.25) is 5.91 Å². The molecule has 0 heterocycles. The van der Waals surface area contributed by atoms with Crippen LogP contribution in [0.4, 0.5) is 0 Å². The Labute approximate surface area is 111 Å². The van der Waals surface area contributed by atoms with Gasteiger partial charge in [-0.05, 0) is 5.56 Å².